The Hall–Kier alpha value is -6.65. The normalized spacial score (nSPS) is 23.9. The summed E-state index contributed by atoms with van der Waals surface area (Å²) in [4.78, 5) is 67.6. The highest BCUT2D eigenvalue weighted by Gasteiger charge is 2.45. The summed E-state index contributed by atoms with van der Waals surface area (Å²) in [6, 6.07) is 13.0. The Morgan fingerprint density at radius 3 is 2.47 bits per heavy atom. The van der Waals surface area contributed by atoms with E-state index in [9.17, 15) is 29.5 Å². The zero-order chi connectivity index (χ0) is 52.2. The van der Waals surface area contributed by atoms with Crippen LogP contribution in [0.25, 0.3) is 22.3 Å². The Kier molecular flexibility index (Phi) is 14.1. The van der Waals surface area contributed by atoms with Gasteiger partial charge in [-0.1, -0.05) is 18.5 Å². The molecule has 0 spiro atoms. The molecule has 2 aromatic carbocycles. The number of halogens is 1. The molecule has 0 radical (unpaired) electrons. The van der Waals surface area contributed by atoms with E-state index in [1.54, 1.807) is 35.8 Å². The third-order valence-electron chi connectivity index (χ3n) is 16.0. The number of rotatable bonds is 11. The van der Waals surface area contributed by atoms with Crippen LogP contribution in [0.2, 0.25) is 5.02 Å². The Bertz CT molecular complexity index is 3080. The molecule has 4 N–H and O–H groups in total. The highest BCUT2D eigenvalue weighted by molar-refractivity contribution is 6.32. The van der Waals surface area contributed by atoms with E-state index in [0.717, 1.165) is 92.6 Å². The average molecular weight is 1030 g/mol. The number of carbonyl (C=O) groups excluding carboxylic acids is 3. The summed E-state index contributed by atoms with van der Waals surface area (Å²) in [6.45, 7) is 12.3. The number of likely N-dealkylation sites (tertiary alicyclic amines) is 1. The summed E-state index contributed by atoms with van der Waals surface area (Å²) in [5, 5.41) is 25.0. The number of piperazine rings is 1. The summed E-state index contributed by atoms with van der Waals surface area (Å²) in [6.07, 6.45) is 8.71. The number of nitrogens with one attached hydrogen (secondary N) is 3. The lowest BCUT2D eigenvalue weighted by molar-refractivity contribution is -0.172. The Morgan fingerprint density at radius 1 is 1.01 bits per heavy atom. The van der Waals surface area contributed by atoms with Crippen LogP contribution in [0, 0.1) is 24.2 Å². The molecule has 390 valence electrons. The maximum atomic E-state index is 14.1. The molecule has 4 aromatic rings. The van der Waals surface area contributed by atoms with Gasteiger partial charge in [-0.3, -0.25) is 25.3 Å². The molecule has 74 heavy (non-hydrogen) atoms. The summed E-state index contributed by atoms with van der Waals surface area (Å²) < 4.78 is 19.4. The van der Waals surface area contributed by atoms with Gasteiger partial charge in [0.1, 0.15) is 35.7 Å². The van der Waals surface area contributed by atoms with E-state index in [2.05, 4.69) is 45.9 Å². The van der Waals surface area contributed by atoms with E-state index in [-0.39, 0.29) is 66.4 Å². The smallest absolute Gasteiger partial charge is 0.415 e. The van der Waals surface area contributed by atoms with E-state index >= 15 is 0 Å². The third-order valence-corrected chi connectivity index (χ3v) is 16.5. The molecule has 10 rings (SSSR count). The lowest BCUT2D eigenvalue weighted by Crippen LogP contribution is -2.59. The van der Waals surface area contributed by atoms with Crippen molar-refractivity contribution in [1.82, 2.24) is 45.3 Å². The summed E-state index contributed by atoms with van der Waals surface area (Å²) in [7, 11) is 3.91. The minimum atomic E-state index is -1.91. The van der Waals surface area contributed by atoms with Gasteiger partial charge in [0.05, 0.1) is 45.7 Å². The summed E-state index contributed by atoms with van der Waals surface area (Å²) in [5.74, 6) is 1.67. The fourth-order valence-corrected chi connectivity index (χ4v) is 11.8. The van der Waals surface area contributed by atoms with Crippen LogP contribution in [0.15, 0.2) is 64.9 Å². The molecule has 2 amide bonds. The van der Waals surface area contributed by atoms with Crippen molar-refractivity contribution in [3.05, 3.63) is 109 Å². The second kappa shape index (κ2) is 20.6. The molecule has 0 unspecified atom stereocenters. The Balaban J connectivity index is 0.714. The number of aromatic nitrogens is 2. The number of benzene rings is 2. The third kappa shape index (κ3) is 9.66. The minimum Gasteiger partial charge on any atom is -0.490 e. The number of esters is 1. The van der Waals surface area contributed by atoms with Crippen molar-refractivity contribution in [3.8, 4) is 29.0 Å². The van der Waals surface area contributed by atoms with Crippen LogP contribution < -0.4 is 31.2 Å². The first-order valence-corrected chi connectivity index (χ1v) is 26.3. The summed E-state index contributed by atoms with van der Waals surface area (Å²) >= 11 is 6.35. The standard InChI is InChI=1S/C55H65ClN10O8/c1-7-55(71)42-23-45-50-36(28-66(45)52(68)41(42)30-72-53(55)69)22-39-40(29-62(5)6)47(16-13-43(39)59-50)74-54(70)65-26-31(2)64(25-32(65)3)27-34-18-20-63(21-19-34)48-17-14-44(60-61-48)51(67)58-37-9-11-38(12-10-37)73-46-15-8-35(24-57)49(56)33(46)4/h8,13-17,22-23,31-32,34,37-38,60-61,71H,7,9-12,18-21,25-30H2,1-6H3,(H,58,67)/t31-,32+,37-,38-,55-/m0/s1. The second-order valence-electron chi connectivity index (χ2n) is 21.2. The van der Waals surface area contributed by atoms with Crippen LogP contribution in [0.5, 0.6) is 11.5 Å². The second-order valence-corrected chi connectivity index (χ2v) is 21.5. The molecular formula is C55H65ClN10O8. The number of piperidine rings is 1. The fourth-order valence-electron chi connectivity index (χ4n) is 11.6. The Morgan fingerprint density at radius 2 is 1.77 bits per heavy atom. The first-order chi connectivity index (χ1) is 35.5. The average Bonchev–Trinajstić information content (AvgIpc) is 3.77. The number of nitrogens with zero attached hydrogens (tertiary/aromatic N) is 7. The number of nitriles is 1. The number of allylic oxidation sites excluding steroid dienone is 2. The molecule has 7 heterocycles. The molecule has 6 aliphatic rings. The molecule has 1 aliphatic carbocycles. The number of hydrazine groups is 1. The van der Waals surface area contributed by atoms with Crippen LogP contribution in [-0.2, 0) is 39.6 Å². The van der Waals surface area contributed by atoms with Crippen molar-refractivity contribution in [2.75, 3.05) is 46.8 Å². The van der Waals surface area contributed by atoms with Crippen molar-refractivity contribution in [2.45, 2.75) is 122 Å². The van der Waals surface area contributed by atoms with Gasteiger partial charge in [0.15, 0.2) is 5.60 Å². The molecule has 5 aliphatic heterocycles. The zero-order valence-electron chi connectivity index (χ0n) is 42.9. The van der Waals surface area contributed by atoms with E-state index < -0.39 is 17.7 Å². The van der Waals surface area contributed by atoms with E-state index in [0.29, 0.717) is 63.7 Å². The molecule has 18 nitrogen and oxygen atoms in total. The zero-order valence-corrected chi connectivity index (χ0v) is 43.7. The van der Waals surface area contributed by atoms with E-state index in [1.165, 1.54) is 0 Å². The van der Waals surface area contributed by atoms with Gasteiger partial charge in [-0.2, -0.15) is 5.26 Å². The molecule has 19 heteroatoms. The molecule has 2 saturated heterocycles. The van der Waals surface area contributed by atoms with Crippen LogP contribution in [0.1, 0.15) is 99.1 Å². The van der Waals surface area contributed by atoms with Crippen molar-refractivity contribution in [2.24, 2.45) is 5.92 Å². The van der Waals surface area contributed by atoms with E-state index in [1.807, 2.05) is 55.1 Å². The van der Waals surface area contributed by atoms with Crippen molar-refractivity contribution >= 4 is 40.5 Å². The summed E-state index contributed by atoms with van der Waals surface area (Å²) in [5.41, 5.74) is 9.79. The SMILES string of the molecule is CC[C@@]1(O)C(=O)OCc2c1cc1n(c2=O)Cc2cc3c(CN(C)C)c(OC(=O)N4C[C@H](C)N(CC5CCN(C6=CC=C(C(=O)N[C@H]7CC[C@H](Oc8ccc(C#N)c(Cl)c8C)CC7)NN6)CC5)C[C@H]4C)ccc3nc2-1. The van der Waals surface area contributed by atoms with E-state index in [4.69, 9.17) is 30.8 Å². The van der Waals surface area contributed by atoms with Crippen LogP contribution in [-0.4, -0.2) is 123 Å². The highest BCUT2D eigenvalue weighted by Crippen LogP contribution is 2.41. The quantitative estimate of drug-likeness (QED) is 0.113. The van der Waals surface area contributed by atoms with Gasteiger partial charge in [-0.05, 0) is 134 Å². The van der Waals surface area contributed by atoms with Gasteiger partial charge in [0, 0.05) is 85.0 Å². The van der Waals surface area contributed by atoms with Gasteiger partial charge >= 0.3 is 12.1 Å². The number of fused-ring (bicyclic) bond motifs is 5. The van der Waals surface area contributed by atoms with Crippen LogP contribution in [0.4, 0.5) is 4.79 Å². The lowest BCUT2D eigenvalue weighted by Gasteiger charge is -2.45. The largest absolute Gasteiger partial charge is 0.490 e. The first-order valence-electron chi connectivity index (χ1n) is 25.9. The maximum Gasteiger partial charge on any atom is 0.415 e. The molecule has 3 fully saturated rings. The topological polar surface area (TPSA) is 207 Å². The predicted molar refractivity (Wildman–Crippen MR) is 278 cm³/mol. The minimum absolute atomic E-state index is 0.0149. The number of ether oxygens (including phenoxy) is 3. The predicted octanol–water partition coefficient (Wildman–Crippen LogP) is 5.92. The van der Waals surface area contributed by atoms with Gasteiger partial charge in [0.2, 0.25) is 0 Å². The highest BCUT2D eigenvalue weighted by atomic mass is 35.5. The molecule has 0 bridgehead atoms. The number of amides is 2. The van der Waals surface area contributed by atoms with Crippen molar-refractivity contribution < 1.29 is 33.7 Å². The molecule has 2 aromatic heterocycles. The number of hydrogen-bond acceptors (Lipinski definition) is 15. The molecule has 3 atom stereocenters. The first kappa shape index (κ1) is 50.9. The number of hydrogen-bond donors (Lipinski definition) is 4. The number of cyclic esters (lactones) is 1. The Labute approximate surface area is 435 Å². The molecule has 1 saturated carbocycles. The maximum absolute atomic E-state index is 14.1. The fraction of sp³-hybridized carbons (Fsp3) is 0.491. The van der Waals surface area contributed by atoms with Crippen molar-refractivity contribution in [3.63, 3.8) is 0 Å². The van der Waals surface area contributed by atoms with Gasteiger partial charge in [-0.25, -0.2) is 14.6 Å². The lowest BCUT2D eigenvalue weighted by atomic mass is 9.86. The monoisotopic (exact) mass is 1030 g/mol. The van der Waals surface area contributed by atoms with Gasteiger partial charge < -0.3 is 43.9 Å². The number of aliphatic hydroxyl groups is 1. The van der Waals surface area contributed by atoms with Crippen LogP contribution >= 0.6 is 11.6 Å². The number of pyridine rings is 2. The molecular weight excluding hydrogens is 964 g/mol. The van der Waals surface area contributed by atoms with Gasteiger partial charge in [-0.15, -0.1) is 0 Å². The number of carbonyl (C=O) groups is 3. The van der Waals surface area contributed by atoms with Crippen molar-refractivity contribution in [1.29, 1.82) is 5.26 Å². The van der Waals surface area contributed by atoms with Gasteiger partial charge in [0.25, 0.3) is 11.5 Å². The van der Waals surface area contributed by atoms with Crippen LogP contribution in [0.3, 0.4) is 0 Å².